The molecule has 0 aromatic heterocycles. The third-order valence-electron chi connectivity index (χ3n) is 2.38. The highest BCUT2D eigenvalue weighted by molar-refractivity contribution is 5.77. The van der Waals surface area contributed by atoms with E-state index in [4.69, 9.17) is 4.74 Å². The predicted molar refractivity (Wildman–Crippen MR) is 69.6 cm³/mol. The van der Waals surface area contributed by atoms with E-state index in [0.717, 1.165) is 11.3 Å². The Morgan fingerprint density at radius 3 is 2.94 bits per heavy atom. The molecule has 0 saturated heterocycles. The molecule has 100 valence electrons. The van der Waals surface area contributed by atoms with Crippen molar-refractivity contribution in [2.45, 2.75) is 13.0 Å². The lowest BCUT2D eigenvalue weighted by molar-refractivity contribution is -0.119. The molecule has 0 radical (unpaired) electrons. The van der Waals surface area contributed by atoms with Crippen molar-refractivity contribution in [3.05, 3.63) is 29.8 Å². The first kappa shape index (κ1) is 14.5. The highest BCUT2D eigenvalue weighted by Crippen LogP contribution is 2.12. The Hall–Kier alpha value is -1.59. The third kappa shape index (κ3) is 5.65. The van der Waals surface area contributed by atoms with Crippen molar-refractivity contribution in [3.63, 3.8) is 0 Å². The number of carbonyl (C=O) groups is 1. The summed E-state index contributed by atoms with van der Waals surface area (Å²) in [6, 6.07) is 7.64. The highest BCUT2D eigenvalue weighted by atomic mass is 16.5. The van der Waals surface area contributed by atoms with Gasteiger partial charge in [0.2, 0.25) is 5.91 Å². The van der Waals surface area contributed by atoms with Crippen molar-refractivity contribution in [1.82, 2.24) is 10.6 Å². The molecule has 0 saturated carbocycles. The van der Waals surface area contributed by atoms with Gasteiger partial charge in [-0.25, -0.2) is 0 Å². The van der Waals surface area contributed by atoms with Gasteiger partial charge in [-0.05, 0) is 24.6 Å². The molecule has 0 fully saturated rings. The molecule has 0 spiro atoms. The van der Waals surface area contributed by atoms with Gasteiger partial charge in [0.1, 0.15) is 18.5 Å². The number of carbonyl (C=O) groups excluding carboxylic acids is 1. The van der Waals surface area contributed by atoms with E-state index in [9.17, 15) is 9.90 Å². The Bertz CT molecular complexity index is 382. The maximum Gasteiger partial charge on any atom is 0.233 e. The van der Waals surface area contributed by atoms with E-state index in [1.807, 2.05) is 31.2 Å². The molecular formula is C13H20N2O3. The van der Waals surface area contributed by atoms with Gasteiger partial charge in [-0.3, -0.25) is 4.79 Å². The van der Waals surface area contributed by atoms with Gasteiger partial charge < -0.3 is 20.5 Å². The lowest BCUT2D eigenvalue weighted by Gasteiger charge is -2.13. The number of aryl methyl sites for hydroxylation is 1. The SMILES string of the molecule is CNC(=O)CNCC(O)COc1cccc(C)c1. The number of benzene rings is 1. The Morgan fingerprint density at radius 1 is 1.50 bits per heavy atom. The average Bonchev–Trinajstić information content (AvgIpc) is 2.36. The molecule has 5 nitrogen and oxygen atoms in total. The molecule has 18 heavy (non-hydrogen) atoms. The zero-order valence-electron chi connectivity index (χ0n) is 10.8. The van der Waals surface area contributed by atoms with E-state index in [0.29, 0.717) is 6.54 Å². The van der Waals surface area contributed by atoms with E-state index in [1.54, 1.807) is 7.05 Å². The van der Waals surface area contributed by atoms with E-state index >= 15 is 0 Å². The molecule has 5 heteroatoms. The summed E-state index contributed by atoms with van der Waals surface area (Å²) in [5.74, 6) is 0.627. The molecular weight excluding hydrogens is 232 g/mol. The molecule has 1 amide bonds. The van der Waals surface area contributed by atoms with Gasteiger partial charge in [0.15, 0.2) is 0 Å². The maximum atomic E-state index is 10.9. The summed E-state index contributed by atoms with van der Waals surface area (Å²) < 4.78 is 5.44. The van der Waals surface area contributed by atoms with Gasteiger partial charge in [-0.2, -0.15) is 0 Å². The smallest absolute Gasteiger partial charge is 0.233 e. The van der Waals surface area contributed by atoms with Gasteiger partial charge in [0, 0.05) is 13.6 Å². The Labute approximate surface area is 107 Å². The topological polar surface area (TPSA) is 70.6 Å². The Balaban J connectivity index is 2.20. The van der Waals surface area contributed by atoms with E-state index in [1.165, 1.54) is 0 Å². The zero-order valence-corrected chi connectivity index (χ0v) is 10.8. The van der Waals surface area contributed by atoms with Crippen LogP contribution in [0.5, 0.6) is 5.75 Å². The van der Waals surface area contributed by atoms with Crippen LogP contribution in [-0.2, 0) is 4.79 Å². The summed E-state index contributed by atoms with van der Waals surface area (Å²) in [6.45, 7) is 2.69. The number of nitrogens with one attached hydrogen (secondary N) is 2. The normalized spacial score (nSPS) is 11.9. The fraction of sp³-hybridized carbons (Fsp3) is 0.462. The molecule has 0 heterocycles. The maximum absolute atomic E-state index is 10.9. The predicted octanol–water partition coefficient (Wildman–Crippen LogP) is 0.0703. The standard InChI is InChI=1S/C13H20N2O3/c1-10-4-3-5-12(6-10)18-9-11(16)7-15-8-13(17)14-2/h3-6,11,15-16H,7-9H2,1-2H3,(H,14,17). The minimum atomic E-state index is -0.643. The van der Waals surface area contributed by atoms with E-state index in [2.05, 4.69) is 10.6 Å². The van der Waals surface area contributed by atoms with Crippen LogP contribution in [0.1, 0.15) is 5.56 Å². The number of amides is 1. The quantitative estimate of drug-likeness (QED) is 0.642. The number of hydrogen-bond acceptors (Lipinski definition) is 4. The van der Waals surface area contributed by atoms with Gasteiger partial charge in [-0.1, -0.05) is 12.1 Å². The van der Waals surface area contributed by atoms with Gasteiger partial charge >= 0.3 is 0 Å². The van der Waals surface area contributed by atoms with Crippen molar-refractivity contribution in [3.8, 4) is 5.75 Å². The number of ether oxygens (including phenoxy) is 1. The van der Waals surface area contributed by atoms with Gasteiger partial charge in [0.05, 0.1) is 6.54 Å². The molecule has 3 N–H and O–H groups in total. The van der Waals surface area contributed by atoms with Crippen LogP contribution >= 0.6 is 0 Å². The second-order valence-electron chi connectivity index (χ2n) is 4.09. The fourth-order valence-corrected chi connectivity index (χ4v) is 1.40. The van der Waals surface area contributed by atoms with Gasteiger partial charge in [0.25, 0.3) is 0 Å². The Morgan fingerprint density at radius 2 is 2.28 bits per heavy atom. The summed E-state index contributed by atoms with van der Waals surface area (Å²) in [6.07, 6.45) is -0.643. The molecule has 0 bridgehead atoms. The van der Waals surface area contributed by atoms with Crippen molar-refractivity contribution in [2.75, 3.05) is 26.7 Å². The van der Waals surface area contributed by atoms with Crippen LogP contribution in [0, 0.1) is 6.92 Å². The number of rotatable bonds is 7. The van der Waals surface area contributed by atoms with Crippen molar-refractivity contribution in [1.29, 1.82) is 0 Å². The van der Waals surface area contributed by atoms with Crippen LogP contribution in [-0.4, -0.2) is 43.9 Å². The molecule has 1 atom stereocenters. The van der Waals surface area contributed by atoms with E-state index in [-0.39, 0.29) is 19.1 Å². The van der Waals surface area contributed by atoms with Gasteiger partial charge in [-0.15, -0.1) is 0 Å². The summed E-state index contributed by atoms with van der Waals surface area (Å²) >= 11 is 0. The molecule has 1 unspecified atom stereocenters. The lowest BCUT2D eigenvalue weighted by atomic mass is 10.2. The molecule has 1 rings (SSSR count). The van der Waals surface area contributed by atoms with Crippen LogP contribution in [0.25, 0.3) is 0 Å². The molecule has 0 aliphatic carbocycles. The first-order valence-electron chi connectivity index (χ1n) is 5.90. The largest absolute Gasteiger partial charge is 0.491 e. The number of aliphatic hydroxyl groups is 1. The summed E-state index contributed by atoms with van der Waals surface area (Å²) in [5, 5.41) is 15.0. The minimum absolute atomic E-state index is 0.109. The monoisotopic (exact) mass is 252 g/mol. The van der Waals surface area contributed by atoms with Crippen LogP contribution in [0.2, 0.25) is 0 Å². The fourth-order valence-electron chi connectivity index (χ4n) is 1.40. The minimum Gasteiger partial charge on any atom is -0.491 e. The summed E-state index contributed by atoms with van der Waals surface area (Å²) in [4.78, 5) is 10.9. The van der Waals surface area contributed by atoms with Crippen LogP contribution in [0.3, 0.4) is 0 Å². The first-order chi connectivity index (χ1) is 8.61. The molecule has 1 aromatic rings. The number of hydrogen-bond donors (Lipinski definition) is 3. The third-order valence-corrected chi connectivity index (χ3v) is 2.38. The molecule has 0 aliphatic rings. The summed E-state index contributed by atoms with van der Waals surface area (Å²) in [5.41, 5.74) is 1.11. The van der Waals surface area contributed by atoms with Crippen LogP contribution < -0.4 is 15.4 Å². The summed E-state index contributed by atoms with van der Waals surface area (Å²) in [7, 11) is 1.57. The van der Waals surface area contributed by atoms with Crippen LogP contribution in [0.15, 0.2) is 24.3 Å². The number of likely N-dealkylation sites (N-methyl/N-ethyl adjacent to an activating group) is 1. The second-order valence-corrected chi connectivity index (χ2v) is 4.09. The van der Waals surface area contributed by atoms with Crippen LogP contribution in [0.4, 0.5) is 0 Å². The van der Waals surface area contributed by atoms with Crippen molar-refractivity contribution >= 4 is 5.91 Å². The number of aliphatic hydroxyl groups excluding tert-OH is 1. The van der Waals surface area contributed by atoms with Crippen molar-refractivity contribution in [2.24, 2.45) is 0 Å². The average molecular weight is 252 g/mol. The first-order valence-corrected chi connectivity index (χ1v) is 5.90. The lowest BCUT2D eigenvalue weighted by Crippen LogP contribution is -2.37. The van der Waals surface area contributed by atoms with E-state index < -0.39 is 6.10 Å². The molecule has 0 aliphatic heterocycles. The molecule has 1 aromatic carbocycles. The Kier molecular flexibility index (Phi) is 6.18. The second kappa shape index (κ2) is 7.68. The van der Waals surface area contributed by atoms with Crippen molar-refractivity contribution < 1.29 is 14.6 Å². The highest BCUT2D eigenvalue weighted by Gasteiger charge is 2.06. The zero-order chi connectivity index (χ0) is 13.4.